The Kier molecular flexibility index (Phi) is 3.38. The van der Waals surface area contributed by atoms with Gasteiger partial charge in [-0.3, -0.25) is 0 Å². The Hall–Kier alpha value is -0.450. The Morgan fingerprint density at radius 2 is 2.53 bits per heavy atom. The molecule has 1 aromatic rings. The van der Waals surface area contributed by atoms with Crippen LogP contribution in [-0.4, -0.2) is 22.5 Å². The average Bonchev–Trinajstić information content (AvgIpc) is 2.85. The fourth-order valence-corrected chi connectivity index (χ4v) is 3.29. The smallest absolute Gasteiger partial charge is 0.113 e. The van der Waals surface area contributed by atoms with Gasteiger partial charge in [-0.25, -0.2) is 0 Å². The predicted octanol–water partition coefficient (Wildman–Crippen LogP) is 1.76. The minimum atomic E-state index is -0.333. The molecule has 0 radical (unpaired) electrons. The first-order valence-electron chi connectivity index (χ1n) is 5.26. The summed E-state index contributed by atoms with van der Waals surface area (Å²) < 4.78 is 5.27. The molecule has 4 heteroatoms. The van der Waals surface area contributed by atoms with E-state index in [9.17, 15) is 0 Å². The summed E-state index contributed by atoms with van der Waals surface area (Å²) >= 11 is 1.87. The molecule has 1 heterocycles. The van der Waals surface area contributed by atoms with Crippen LogP contribution in [0.5, 0.6) is 0 Å². The van der Waals surface area contributed by atoms with Crippen molar-refractivity contribution in [3.8, 4) is 0 Å². The van der Waals surface area contributed by atoms with E-state index >= 15 is 0 Å². The molecule has 2 unspecified atom stereocenters. The van der Waals surface area contributed by atoms with Gasteiger partial charge in [-0.05, 0) is 31.4 Å². The van der Waals surface area contributed by atoms with Gasteiger partial charge in [0.1, 0.15) is 5.76 Å². The van der Waals surface area contributed by atoms with Gasteiger partial charge in [0.2, 0.25) is 0 Å². The third kappa shape index (κ3) is 2.77. The zero-order valence-electron chi connectivity index (χ0n) is 8.69. The van der Waals surface area contributed by atoms with E-state index in [0.717, 1.165) is 30.8 Å². The molecular formula is C11H17NO2S. The molecule has 1 aromatic heterocycles. The molecule has 1 saturated carbocycles. The highest BCUT2D eigenvalue weighted by atomic mass is 32.2. The zero-order chi connectivity index (χ0) is 10.7. The molecule has 1 aliphatic carbocycles. The molecule has 1 fully saturated rings. The lowest BCUT2D eigenvalue weighted by atomic mass is 10.0. The Labute approximate surface area is 94.0 Å². The number of nitrogens with two attached hydrogens (primary N) is 1. The van der Waals surface area contributed by atoms with Crippen LogP contribution in [0.1, 0.15) is 25.0 Å². The molecule has 1 aliphatic rings. The van der Waals surface area contributed by atoms with Gasteiger partial charge < -0.3 is 15.3 Å². The monoisotopic (exact) mass is 227 g/mol. The first-order valence-corrected chi connectivity index (χ1v) is 6.30. The topological polar surface area (TPSA) is 59.4 Å². The molecule has 2 atom stereocenters. The lowest BCUT2D eigenvalue weighted by Gasteiger charge is -2.20. The summed E-state index contributed by atoms with van der Waals surface area (Å²) in [6.07, 6.45) is 4.64. The van der Waals surface area contributed by atoms with Gasteiger partial charge >= 0.3 is 0 Å². The normalized spacial score (nSPS) is 30.9. The minimum Gasteiger partial charge on any atom is -0.468 e. The van der Waals surface area contributed by atoms with Crippen molar-refractivity contribution < 1.29 is 9.52 Å². The fraction of sp³-hybridized carbons (Fsp3) is 0.636. The Morgan fingerprint density at radius 1 is 1.67 bits per heavy atom. The van der Waals surface area contributed by atoms with Crippen LogP contribution >= 0.6 is 11.8 Å². The summed E-state index contributed by atoms with van der Waals surface area (Å²) in [6.45, 7) is 0.102. The second-order valence-electron chi connectivity index (χ2n) is 4.28. The maximum absolute atomic E-state index is 9.14. The second-order valence-corrected chi connectivity index (χ2v) is 5.56. The van der Waals surface area contributed by atoms with Crippen LogP contribution in [0.25, 0.3) is 0 Å². The van der Waals surface area contributed by atoms with E-state index in [2.05, 4.69) is 0 Å². The number of hydrogen-bond donors (Lipinski definition) is 2. The maximum atomic E-state index is 9.14. The minimum absolute atomic E-state index is 0.102. The van der Waals surface area contributed by atoms with Gasteiger partial charge in [-0.15, -0.1) is 0 Å². The molecule has 0 saturated heterocycles. The number of rotatable bonds is 4. The average molecular weight is 227 g/mol. The van der Waals surface area contributed by atoms with Gasteiger partial charge in [0, 0.05) is 10.8 Å². The van der Waals surface area contributed by atoms with Crippen LogP contribution in [0.4, 0.5) is 0 Å². The van der Waals surface area contributed by atoms with Crippen molar-refractivity contribution in [1.82, 2.24) is 0 Å². The van der Waals surface area contributed by atoms with E-state index in [-0.39, 0.29) is 12.1 Å². The van der Waals surface area contributed by atoms with Crippen molar-refractivity contribution in [2.45, 2.75) is 35.8 Å². The van der Waals surface area contributed by atoms with E-state index in [0.29, 0.717) is 5.25 Å². The van der Waals surface area contributed by atoms with Crippen molar-refractivity contribution in [3.05, 3.63) is 24.2 Å². The molecule has 84 valence electrons. The molecule has 15 heavy (non-hydrogen) atoms. The fourth-order valence-electron chi connectivity index (χ4n) is 1.99. The van der Waals surface area contributed by atoms with Crippen LogP contribution in [0.15, 0.2) is 22.8 Å². The Balaban J connectivity index is 1.78. The predicted molar refractivity (Wildman–Crippen MR) is 61.6 cm³/mol. The SMILES string of the molecule is NC1(CO)CCC(SCc2ccco2)C1. The quantitative estimate of drug-likeness (QED) is 0.823. The van der Waals surface area contributed by atoms with Gasteiger partial charge in [-0.2, -0.15) is 11.8 Å². The van der Waals surface area contributed by atoms with Crippen molar-refractivity contribution in [2.75, 3.05) is 6.61 Å². The van der Waals surface area contributed by atoms with Gasteiger partial charge in [0.15, 0.2) is 0 Å². The first kappa shape index (κ1) is 11.0. The third-order valence-corrected chi connectivity index (χ3v) is 4.28. The molecule has 3 nitrogen and oxygen atoms in total. The van der Waals surface area contributed by atoms with E-state index in [4.69, 9.17) is 15.3 Å². The number of hydrogen-bond acceptors (Lipinski definition) is 4. The van der Waals surface area contributed by atoms with E-state index in [1.165, 1.54) is 0 Å². The lowest BCUT2D eigenvalue weighted by molar-refractivity contribution is 0.200. The molecule has 2 rings (SSSR count). The molecular weight excluding hydrogens is 210 g/mol. The van der Waals surface area contributed by atoms with E-state index < -0.39 is 0 Å². The summed E-state index contributed by atoms with van der Waals surface area (Å²) in [6, 6.07) is 3.90. The highest BCUT2D eigenvalue weighted by molar-refractivity contribution is 7.99. The van der Waals surface area contributed by atoms with Gasteiger partial charge in [0.25, 0.3) is 0 Å². The molecule has 0 bridgehead atoms. The van der Waals surface area contributed by atoms with Crippen LogP contribution < -0.4 is 5.73 Å². The van der Waals surface area contributed by atoms with Gasteiger partial charge in [-0.1, -0.05) is 0 Å². The molecule has 0 amide bonds. The number of thioether (sulfide) groups is 1. The number of aliphatic hydroxyl groups is 1. The highest BCUT2D eigenvalue weighted by Crippen LogP contribution is 2.36. The third-order valence-electron chi connectivity index (χ3n) is 2.95. The Morgan fingerprint density at radius 3 is 3.13 bits per heavy atom. The summed E-state index contributed by atoms with van der Waals surface area (Å²) in [4.78, 5) is 0. The van der Waals surface area contributed by atoms with Crippen molar-refractivity contribution in [3.63, 3.8) is 0 Å². The molecule has 0 aromatic carbocycles. The molecule has 0 spiro atoms. The number of furan rings is 1. The van der Waals surface area contributed by atoms with Crippen molar-refractivity contribution in [1.29, 1.82) is 0 Å². The second kappa shape index (κ2) is 4.60. The van der Waals surface area contributed by atoms with Crippen LogP contribution in [0.3, 0.4) is 0 Å². The lowest BCUT2D eigenvalue weighted by Crippen LogP contribution is -2.40. The summed E-state index contributed by atoms with van der Waals surface area (Å²) in [5.74, 6) is 1.91. The van der Waals surface area contributed by atoms with Crippen LogP contribution in [0.2, 0.25) is 0 Å². The summed E-state index contributed by atoms with van der Waals surface area (Å²) in [5.41, 5.74) is 5.68. The van der Waals surface area contributed by atoms with Gasteiger partial charge in [0.05, 0.1) is 18.6 Å². The maximum Gasteiger partial charge on any atom is 0.113 e. The number of aliphatic hydroxyl groups excluding tert-OH is 1. The molecule has 0 aliphatic heterocycles. The Bertz CT molecular complexity index is 302. The highest BCUT2D eigenvalue weighted by Gasteiger charge is 2.35. The van der Waals surface area contributed by atoms with Crippen molar-refractivity contribution >= 4 is 11.8 Å². The van der Waals surface area contributed by atoms with Crippen molar-refractivity contribution in [2.24, 2.45) is 5.73 Å². The van der Waals surface area contributed by atoms with Crippen LogP contribution in [-0.2, 0) is 5.75 Å². The largest absolute Gasteiger partial charge is 0.468 e. The van der Waals surface area contributed by atoms with E-state index in [1.807, 2.05) is 23.9 Å². The summed E-state index contributed by atoms with van der Waals surface area (Å²) in [5, 5.41) is 9.70. The first-order chi connectivity index (χ1) is 7.22. The molecule has 3 N–H and O–H groups in total. The zero-order valence-corrected chi connectivity index (χ0v) is 9.50. The standard InChI is InChI=1S/C11H17NO2S/c12-11(8-13)4-3-10(6-11)15-7-9-2-1-5-14-9/h1-2,5,10,13H,3-4,6-8,12H2. The van der Waals surface area contributed by atoms with Crippen LogP contribution in [0, 0.1) is 0 Å². The van der Waals surface area contributed by atoms with E-state index in [1.54, 1.807) is 6.26 Å². The summed E-state index contributed by atoms with van der Waals surface area (Å²) in [7, 11) is 0.